The Morgan fingerprint density at radius 3 is 2.40 bits per heavy atom. The Bertz CT molecular complexity index is 412. The van der Waals surface area contributed by atoms with Gasteiger partial charge in [0.05, 0.1) is 13.2 Å². The van der Waals surface area contributed by atoms with Crippen molar-refractivity contribution in [2.24, 2.45) is 10.9 Å². The Balaban J connectivity index is 1.72. The van der Waals surface area contributed by atoms with Crippen LogP contribution in [0.1, 0.15) is 40.5 Å². The molecule has 6 nitrogen and oxygen atoms in total. The first-order valence-corrected chi connectivity index (χ1v) is 9.93. The molecule has 0 aliphatic carbocycles. The van der Waals surface area contributed by atoms with E-state index in [0.29, 0.717) is 6.04 Å². The van der Waals surface area contributed by atoms with Crippen molar-refractivity contribution < 1.29 is 4.74 Å². The van der Waals surface area contributed by atoms with Gasteiger partial charge in [0.15, 0.2) is 5.96 Å². The molecule has 1 atom stereocenters. The van der Waals surface area contributed by atoms with E-state index in [0.717, 1.165) is 51.3 Å². The minimum Gasteiger partial charge on any atom is -0.379 e. The predicted octanol–water partition coefficient (Wildman–Crippen LogP) is 1.38. The third-order valence-electron chi connectivity index (χ3n) is 5.79. The number of likely N-dealkylation sites (tertiary alicyclic amines) is 1. The summed E-state index contributed by atoms with van der Waals surface area (Å²) < 4.78 is 5.47. The van der Waals surface area contributed by atoms with Crippen LogP contribution in [0.5, 0.6) is 0 Å². The Labute approximate surface area is 154 Å². The second-order valence-corrected chi connectivity index (χ2v) is 8.29. The van der Waals surface area contributed by atoms with Crippen LogP contribution in [-0.2, 0) is 4.74 Å². The summed E-state index contributed by atoms with van der Waals surface area (Å²) in [5.41, 5.74) is 0.0933. The Kier molecular flexibility index (Phi) is 7.97. The first-order valence-electron chi connectivity index (χ1n) is 9.93. The van der Waals surface area contributed by atoms with E-state index in [1.807, 2.05) is 7.05 Å². The summed E-state index contributed by atoms with van der Waals surface area (Å²) in [6, 6.07) is 0.540. The van der Waals surface area contributed by atoms with Gasteiger partial charge in [0.25, 0.3) is 0 Å². The van der Waals surface area contributed by atoms with Crippen molar-refractivity contribution in [3.63, 3.8) is 0 Å². The van der Waals surface area contributed by atoms with Gasteiger partial charge in [-0.25, -0.2) is 0 Å². The van der Waals surface area contributed by atoms with E-state index in [2.05, 4.69) is 53.1 Å². The molecule has 0 aromatic rings. The molecule has 0 aromatic heterocycles. The van der Waals surface area contributed by atoms with E-state index in [-0.39, 0.29) is 5.54 Å². The molecule has 2 N–H and O–H groups in total. The highest BCUT2D eigenvalue weighted by molar-refractivity contribution is 5.79. The lowest BCUT2D eigenvalue weighted by molar-refractivity contribution is -0.00834. The summed E-state index contributed by atoms with van der Waals surface area (Å²) in [6.45, 7) is 17.2. The van der Waals surface area contributed by atoms with Crippen molar-refractivity contribution in [3.8, 4) is 0 Å². The third kappa shape index (κ3) is 6.42. The monoisotopic (exact) mass is 353 g/mol. The SMILES string of the molecule is CN=C(NCC(C)N1CCC(C)CC1)NCC(C)(C)N1CCOCC1. The van der Waals surface area contributed by atoms with Gasteiger partial charge in [-0.15, -0.1) is 0 Å². The van der Waals surface area contributed by atoms with Crippen molar-refractivity contribution >= 4 is 5.96 Å². The number of rotatable bonds is 6. The molecule has 0 saturated carbocycles. The molecule has 2 rings (SSSR count). The summed E-state index contributed by atoms with van der Waals surface area (Å²) in [6.07, 6.45) is 2.65. The number of hydrogen-bond acceptors (Lipinski definition) is 4. The number of nitrogens with one attached hydrogen (secondary N) is 2. The van der Waals surface area contributed by atoms with Crippen LogP contribution < -0.4 is 10.6 Å². The van der Waals surface area contributed by atoms with Gasteiger partial charge in [-0.2, -0.15) is 0 Å². The van der Waals surface area contributed by atoms with Gasteiger partial charge in [-0.05, 0) is 52.6 Å². The maximum atomic E-state index is 5.47. The Morgan fingerprint density at radius 2 is 1.80 bits per heavy atom. The second kappa shape index (κ2) is 9.74. The van der Waals surface area contributed by atoms with E-state index in [4.69, 9.17) is 4.74 Å². The summed E-state index contributed by atoms with van der Waals surface area (Å²) in [5.74, 6) is 1.78. The number of morpholine rings is 1. The number of piperidine rings is 1. The topological polar surface area (TPSA) is 52.1 Å². The Morgan fingerprint density at radius 1 is 1.16 bits per heavy atom. The standard InChI is InChI=1S/C19H39N5O/c1-16-6-8-23(9-7-16)17(2)14-21-18(20-5)22-15-19(3,4)24-10-12-25-13-11-24/h16-17H,6-15H2,1-5H3,(H2,20,21,22). The fourth-order valence-corrected chi connectivity index (χ4v) is 3.64. The molecule has 1 unspecified atom stereocenters. The number of aliphatic imine (C=N–C) groups is 1. The van der Waals surface area contributed by atoms with Gasteiger partial charge >= 0.3 is 0 Å². The smallest absolute Gasteiger partial charge is 0.191 e. The van der Waals surface area contributed by atoms with Gasteiger partial charge < -0.3 is 15.4 Å². The van der Waals surface area contributed by atoms with Crippen LogP contribution in [0.2, 0.25) is 0 Å². The maximum Gasteiger partial charge on any atom is 0.191 e. The summed E-state index contributed by atoms with van der Waals surface area (Å²) in [4.78, 5) is 9.49. The lowest BCUT2D eigenvalue weighted by atomic mass is 9.98. The minimum absolute atomic E-state index is 0.0933. The lowest BCUT2D eigenvalue weighted by Crippen LogP contribution is -2.57. The summed E-state index contributed by atoms with van der Waals surface area (Å²) in [7, 11) is 1.85. The van der Waals surface area contributed by atoms with E-state index >= 15 is 0 Å². The average Bonchev–Trinajstić information content (AvgIpc) is 2.63. The summed E-state index contributed by atoms with van der Waals surface area (Å²) in [5, 5.41) is 7.02. The predicted molar refractivity (Wildman–Crippen MR) is 105 cm³/mol. The number of ether oxygens (including phenoxy) is 1. The fourth-order valence-electron chi connectivity index (χ4n) is 3.64. The van der Waals surface area contributed by atoms with Crippen molar-refractivity contribution in [3.05, 3.63) is 0 Å². The molecule has 0 bridgehead atoms. The molecular formula is C19H39N5O. The van der Waals surface area contributed by atoms with Crippen molar-refractivity contribution in [2.75, 3.05) is 59.5 Å². The van der Waals surface area contributed by atoms with Crippen LogP contribution in [0.15, 0.2) is 4.99 Å². The highest BCUT2D eigenvalue weighted by Crippen LogP contribution is 2.18. The third-order valence-corrected chi connectivity index (χ3v) is 5.79. The Hall–Kier alpha value is -0.850. The first kappa shape index (κ1) is 20.5. The molecule has 25 heavy (non-hydrogen) atoms. The van der Waals surface area contributed by atoms with Gasteiger partial charge in [-0.3, -0.25) is 14.8 Å². The molecule has 0 aromatic carbocycles. The fraction of sp³-hybridized carbons (Fsp3) is 0.947. The molecule has 0 amide bonds. The second-order valence-electron chi connectivity index (χ2n) is 8.29. The molecular weight excluding hydrogens is 314 g/mol. The van der Waals surface area contributed by atoms with Gasteiger partial charge in [-0.1, -0.05) is 6.92 Å². The zero-order valence-electron chi connectivity index (χ0n) is 17.0. The van der Waals surface area contributed by atoms with Gasteiger partial charge in [0.1, 0.15) is 0 Å². The van der Waals surface area contributed by atoms with Crippen molar-refractivity contribution in [2.45, 2.75) is 52.1 Å². The quantitative estimate of drug-likeness (QED) is 0.558. The zero-order chi connectivity index (χ0) is 18.3. The summed E-state index contributed by atoms with van der Waals surface area (Å²) >= 11 is 0. The van der Waals surface area contributed by atoms with Gasteiger partial charge in [0.2, 0.25) is 0 Å². The molecule has 2 aliphatic heterocycles. The van der Waals surface area contributed by atoms with Crippen molar-refractivity contribution in [1.82, 2.24) is 20.4 Å². The van der Waals surface area contributed by atoms with Crippen LogP contribution in [0.4, 0.5) is 0 Å². The molecule has 0 spiro atoms. The minimum atomic E-state index is 0.0933. The normalized spacial score (nSPS) is 23.5. The maximum absolute atomic E-state index is 5.47. The molecule has 0 radical (unpaired) electrons. The average molecular weight is 354 g/mol. The first-order chi connectivity index (χ1) is 11.9. The van der Waals surface area contributed by atoms with Crippen LogP contribution in [-0.4, -0.2) is 86.9 Å². The molecule has 2 saturated heterocycles. The molecule has 2 aliphatic rings. The largest absolute Gasteiger partial charge is 0.379 e. The van der Waals surface area contributed by atoms with Crippen LogP contribution in [0.25, 0.3) is 0 Å². The zero-order valence-corrected chi connectivity index (χ0v) is 17.0. The molecule has 2 heterocycles. The highest BCUT2D eigenvalue weighted by atomic mass is 16.5. The molecule has 2 fully saturated rings. The van der Waals surface area contributed by atoms with Crippen LogP contribution in [0, 0.1) is 5.92 Å². The van der Waals surface area contributed by atoms with E-state index in [1.165, 1.54) is 25.9 Å². The number of nitrogens with zero attached hydrogens (tertiary/aromatic N) is 3. The molecule has 146 valence electrons. The van der Waals surface area contributed by atoms with E-state index in [1.54, 1.807) is 0 Å². The van der Waals surface area contributed by atoms with E-state index in [9.17, 15) is 0 Å². The number of hydrogen-bond donors (Lipinski definition) is 2. The van der Waals surface area contributed by atoms with Crippen molar-refractivity contribution in [1.29, 1.82) is 0 Å². The molecule has 6 heteroatoms. The lowest BCUT2D eigenvalue weighted by Gasteiger charge is -2.41. The van der Waals surface area contributed by atoms with Crippen LogP contribution in [0.3, 0.4) is 0 Å². The van der Waals surface area contributed by atoms with Crippen LogP contribution >= 0.6 is 0 Å². The number of guanidine groups is 1. The highest BCUT2D eigenvalue weighted by Gasteiger charge is 2.28. The van der Waals surface area contributed by atoms with Gasteiger partial charge in [0, 0.05) is 44.8 Å². The van der Waals surface area contributed by atoms with E-state index < -0.39 is 0 Å².